The van der Waals surface area contributed by atoms with Crippen molar-refractivity contribution in [1.29, 1.82) is 0 Å². The first-order valence-corrected chi connectivity index (χ1v) is 14.7. The van der Waals surface area contributed by atoms with Crippen molar-refractivity contribution >= 4 is 39.0 Å². The predicted molar refractivity (Wildman–Crippen MR) is 150 cm³/mol. The van der Waals surface area contributed by atoms with Gasteiger partial charge in [-0.05, 0) is 69.1 Å². The van der Waals surface area contributed by atoms with Gasteiger partial charge < -0.3 is 15.5 Å². The molecule has 3 aromatic rings. The normalized spacial score (nSPS) is 19.4. The zero-order valence-corrected chi connectivity index (χ0v) is 24.2. The number of carbonyl (C=O) groups is 1. The molecule has 1 saturated carbocycles. The van der Waals surface area contributed by atoms with Crippen molar-refractivity contribution in [2.75, 3.05) is 30.7 Å². The number of carbonyl (C=O) groups excluding carboxylic acids is 1. The van der Waals surface area contributed by atoms with Gasteiger partial charge in [0.2, 0.25) is 5.91 Å². The summed E-state index contributed by atoms with van der Waals surface area (Å²) in [5.74, 6) is -1.70. The van der Waals surface area contributed by atoms with Crippen LogP contribution in [-0.4, -0.2) is 61.9 Å². The van der Waals surface area contributed by atoms with E-state index in [1.165, 1.54) is 18.3 Å². The molecule has 15 heteroatoms. The Morgan fingerprint density at radius 1 is 1.12 bits per heavy atom. The molecular weight excluding hydrogens is 600 g/mol. The van der Waals surface area contributed by atoms with Crippen LogP contribution < -0.4 is 15.4 Å². The quantitative estimate of drug-likeness (QED) is 0.289. The number of hydrogen-bond acceptors (Lipinski definition) is 7. The van der Waals surface area contributed by atoms with Gasteiger partial charge >= 0.3 is 6.18 Å². The van der Waals surface area contributed by atoms with Crippen molar-refractivity contribution in [3.63, 3.8) is 0 Å². The maximum absolute atomic E-state index is 15.1. The Kier molecular flexibility index (Phi) is 9.58. The van der Waals surface area contributed by atoms with Gasteiger partial charge in [-0.1, -0.05) is 29.8 Å². The standard InChI is InChI=1S/C27H29ClF4N6O3S/c1-38(2)14-26(39)36-23-11-17(16-4-3-5-18(10-16)27(30,31)32)6-7-21(23)35-22-13-20(29)24(12-19(22)28)42(40,41)37-25-8-9-33-15-34-25/h3-5,8-10,12-13,15,17,21,23,35H,6-7,11,14H2,1-2H3,(H,36,39)(H,33,34,37). The minimum Gasteiger partial charge on any atom is -0.379 e. The maximum Gasteiger partial charge on any atom is 0.416 e. The number of alkyl halides is 3. The van der Waals surface area contributed by atoms with Crippen LogP contribution in [0.25, 0.3) is 0 Å². The smallest absolute Gasteiger partial charge is 0.379 e. The topological polar surface area (TPSA) is 116 Å². The van der Waals surface area contributed by atoms with Crippen LogP contribution in [0.4, 0.5) is 29.1 Å². The molecule has 0 radical (unpaired) electrons. The van der Waals surface area contributed by atoms with Gasteiger partial charge in [-0.3, -0.25) is 9.52 Å². The van der Waals surface area contributed by atoms with Crippen LogP contribution in [-0.2, 0) is 21.0 Å². The van der Waals surface area contributed by atoms with E-state index in [4.69, 9.17) is 11.6 Å². The molecule has 1 aromatic heterocycles. The summed E-state index contributed by atoms with van der Waals surface area (Å²) in [6, 6.07) is 7.32. The van der Waals surface area contributed by atoms with Crippen molar-refractivity contribution in [1.82, 2.24) is 20.2 Å². The first-order chi connectivity index (χ1) is 19.7. The number of benzene rings is 2. The van der Waals surface area contributed by atoms with Crippen molar-refractivity contribution < 1.29 is 30.8 Å². The number of aromatic nitrogens is 2. The Morgan fingerprint density at radius 3 is 2.55 bits per heavy atom. The second-order valence-electron chi connectivity index (χ2n) is 10.3. The van der Waals surface area contributed by atoms with E-state index < -0.39 is 44.6 Å². The third kappa shape index (κ3) is 7.86. The van der Waals surface area contributed by atoms with Crippen LogP contribution in [0.5, 0.6) is 0 Å². The first kappa shape index (κ1) is 31.4. The molecule has 1 heterocycles. The highest BCUT2D eigenvalue weighted by Gasteiger charge is 2.35. The molecule has 1 aliphatic carbocycles. The number of halogens is 5. The largest absolute Gasteiger partial charge is 0.416 e. The van der Waals surface area contributed by atoms with Crippen molar-refractivity contribution in [2.24, 2.45) is 0 Å². The average molecular weight is 629 g/mol. The molecule has 3 N–H and O–H groups in total. The Morgan fingerprint density at radius 2 is 1.88 bits per heavy atom. The Bertz CT molecular complexity index is 1530. The van der Waals surface area contributed by atoms with Crippen LogP contribution in [0.1, 0.15) is 36.3 Å². The highest BCUT2D eigenvalue weighted by Crippen LogP contribution is 2.38. The molecule has 1 aliphatic rings. The fraction of sp³-hybridized carbons (Fsp3) is 0.370. The lowest BCUT2D eigenvalue weighted by Crippen LogP contribution is -2.51. The number of anilines is 2. The van der Waals surface area contributed by atoms with Gasteiger partial charge in [0, 0.05) is 18.3 Å². The lowest BCUT2D eigenvalue weighted by molar-refractivity contribution is -0.137. The van der Waals surface area contributed by atoms with Gasteiger partial charge in [0.1, 0.15) is 22.9 Å². The van der Waals surface area contributed by atoms with Gasteiger partial charge in [-0.15, -0.1) is 0 Å². The van der Waals surface area contributed by atoms with E-state index in [0.717, 1.165) is 30.6 Å². The molecule has 0 aliphatic heterocycles. The molecule has 0 spiro atoms. The van der Waals surface area contributed by atoms with Crippen LogP contribution >= 0.6 is 11.6 Å². The molecular formula is C27H29ClF4N6O3S. The predicted octanol–water partition coefficient (Wildman–Crippen LogP) is 4.88. The van der Waals surface area contributed by atoms with E-state index in [-0.39, 0.29) is 34.9 Å². The van der Waals surface area contributed by atoms with E-state index in [0.29, 0.717) is 24.8 Å². The fourth-order valence-electron chi connectivity index (χ4n) is 4.90. The molecule has 4 rings (SSSR count). The molecule has 0 saturated heterocycles. The molecule has 9 nitrogen and oxygen atoms in total. The van der Waals surface area contributed by atoms with E-state index in [2.05, 4.69) is 25.3 Å². The summed E-state index contributed by atoms with van der Waals surface area (Å²) in [7, 11) is -0.933. The summed E-state index contributed by atoms with van der Waals surface area (Å²) < 4.78 is 82.8. The van der Waals surface area contributed by atoms with Crippen LogP contribution in [0.2, 0.25) is 5.02 Å². The summed E-state index contributed by atoms with van der Waals surface area (Å²) in [6.07, 6.45) is -0.845. The SMILES string of the molecule is CN(C)CC(=O)NC1CC(c2cccc(C(F)(F)F)c2)CCC1Nc1cc(F)c(S(=O)(=O)Nc2ccncn2)cc1Cl. The minimum absolute atomic E-state index is 0.0587. The molecule has 226 valence electrons. The van der Waals surface area contributed by atoms with E-state index in [1.807, 2.05) is 0 Å². The number of sulfonamides is 1. The number of likely N-dealkylation sites (N-methyl/N-ethyl adjacent to an activating group) is 1. The number of nitrogens with zero attached hydrogens (tertiary/aromatic N) is 3. The average Bonchev–Trinajstić information content (AvgIpc) is 2.91. The zero-order chi connectivity index (χ0) is 30.7. The molecule has 1 amide bonds. The molecule has 2 aromatic carbocycles. The summed E-state index contributed by atoms with van der Waals surface area (Å²) in [5, 5.41) is 5.98. The maximum atomic E-state index is 15.1. The first-order valence-electron chi connectivity index (χ1n) is 12.9. The summed E-state index contributed by atoms with van der Waals surface area (Å²) in [6.45, 7) is 0.0821. The number of hydrogen-bond donors (Lipinski definition) is 3. The van der Waals surface area contributed by atoms with Crippen LogP contribution in [0.3, 0.4) is 0 Å². The molecule has 3 atom stereocenters. The lowest BCUT2D eigenvalue weighted by atomic mass is 9.78. The second kappa shape index (κ2) is 12.8. The van der Waals surface area contributed by atoms with Gasteiger partial charge in [0.25, 0.3) is 10.0 Å². The van der Waals surface area contributed by atoms with Crippen LogP contribution in [0, 0.1) is 5.82 Å². The third-order valence-corrected chi connectivity index (χ3v) is 8.50. The Balaban J connectivity index is 1.57. The van der Waals surface area contributed by atoms with Gasteiger partial charge in [0.05, 0.1) is 22.8 Å². The molecule has 42 heavy (non-hydrogen) atoms. The van der Waals surface area contributed by atoms with Crippen molar-refractivity contribution in [3.8, 4) is 0 Å². The second-order valence-corrected chi connectivity index (χ2v) is 12.3. The van der Waals surface area contributed by atoms with Gasteiger partial charge in [0.15, 0.2) is 0 Å². The summed E-state index contributed by atoms with van der Waals surface area (Å²) >= 11 is 6.39. The summed E-state index contributed by atoms with van der Waals surface area (Å²) in [4.78, 5) is 21.1. The number of nitrogens with one attached hydrogen (secondary N) is 3. The van der Waals surface area contributed by atoms with E-state index in [9.17, 15) is 26.4 Å². The lowest BCUT2D eigenvalue weighted by Gasteiger charge is -2.38. The van der Waals surface area contributed by atoms with Gasteiger partial charge in [-0.25, -0.2) is 22.8 Å². The minimum atomic E-state index is -4.49. The van der Waals surface area contributed by atoms with Crippen molar-refractivity contribution in [2.45, 2.75) is 48.3 Å². The van der Waals surface area contributed by atoms with Crippen molar-refractivity contribution in [3.05, 3.63) is 77.0 Å². The van der Waals surface area contributed by atoms with Gasteiger partial charge in [-0.2, -0.15) is 13.2 Å². The number of amides is 1. The zero-order valence-electron chi connectivity index (χ0n) is 22.6. The highest BCUT2D eigenvalue weighted by molar-refractivity contribution is 7.92. The van der Waals surface area contributed by atoms with E-state index in [1.54, 1.807) is 25.1 Å². The Labute approximate surface area is 245 Å². The summed E-state index contributed by atoms with van der Waals surface area (Å²) in [5.41, 5.74) is -0.144. The highest BCUT2D eigenvalue weighted by atomic mass is 35.5. The monoisotopic (exact) mass is 628 g/mol. The third-order valence-electron chi connectivity index (χ3n) is 6.81. The fourth-order valence-corrected chi connectivity index (χ4v) is 6.28. The number of rotatable bonds is 9. The Hall–Kier alpha value is -3.49. The molecule has 3 unspecified atom stereocenters. The molecule has 0 bridgehead atoms. The van der Waals surface area contributed by atoms with E-state index >= 15 is 4.39 Å². The molecule has 1 fully saturated rings. The van der Waals surface area contributed by atoms with Crippen LogP contribution in [0.15, 0.2) is 59.9 Å².